The molecule has 21 heavy (non-hydrogen) atoms. The van der Waals surface area contributed by atoms with Crippen LogP contribution in [0.3, 0.4) is 0 Å². The molecule has 3 nitrogen and oxygen atoms in total. The summed E-state index contributed by atoms with van der Waals surface area (Å²) in [5.74, 6) is 1.17. The summed E-state index contributed by atoms with van der Waals surface area (Å²) in [5.41, 5.74) is 3.03. The molecule has 0 radical (unpaired) electrons. The fourth-order valence-corrected chi connectivity index (χ4v) is 2.76. The summed E-state index contributed by atoms with van der Waals surface area (Å²) in [4.78, 5) is 0. The van der Waals surface area contributed by atoms with Gasteiger partial charge in [-0.3, -0.25) is 0 Å². The van der Waals surface area contributed by atoms with Crippen LogP contribution in [0.5, 0.6) is 11.5 Å². The Labute approximate surface area is 129 Å². The Hall–Kier alpha value is -1.71. The molecule has 0 bridgehead atoms. The molecular weight excluding hydrogens is 288 g/mol. The van der Waals surface area contributed by atoms with Crippen LogP contribution in [0.2, 0.25) is 5.02 Å². The van der Waals surface area contributed by atoms with E-state index in [-0.39, 0.29) is 0 Å². The van der Waals surface area contributed by atoms with E-state index in [1.165, 1.54) is 5.56 Å². The van der Waals surface area contributed by atoms with Crippen LogP contribution in [0.1, 0.15) is 22.8 Å². The third kappa shape index (κ3) is 2.99. The van der Waals surface area contributed by atoms with Gasteiger partial charge in [-0.25, -0.2) is 0 Å². The van der Waals surface area contributed by atoms with Crippen molar-refractivity contribution in [2.45, 2.75) is 19.4 Å². The number of aliphatic hydroxyl groups excluding tert-OH is 1. The highest BCUT2D eigenvalue weighted by Gasteiger charge is 2.20. The fraction of sp³-hybridized carbons (Fsp3) is 0.294. The highest BCUT2D eigenvalue weighted by molar-refractivity contribution is 6.32. The van der Waals surface area contributed by atoms with Gasteiger partial charge in [-0.2, -0.15) is 0 Å². The van der Waals surface area contributed by atoms with Crippen molar-refractivity contribution < 1.29 is 14.6 Å². The van der Waals surface area contributed by atoms with Gasteiger partial charge in [0.2, 0.25) is 0 Å². The zero-order valence-electron chi connectivity index (χ0n) is 11.8. The smallest absolute Gasteiger partial charge is 0.179 e. The predicted molar refractivity (Wildman–Crippen MR) is 82.3 cm³/mol. The topological polar surface area (TPSA) is 38.7 Å². The number of aliphatic hydroxyl groups is 1. The molecule has 0 spiro atoms. The van der Waals surface area contributed by atoms with Gasteiger partial charge in [-0.15, -0.1) is 0 Å². The Bertz CT molecular complexity index is 654. The van der Waals surface area contributed by atoms with Crippen LogP contribution in [0.4, 0.5) is 0 Å². The third-order valence-corrected chi connectivity index (χ3v) is 3.96. The molecule has 1 heterocycles. The number of hydrogen-bond donors (Lipinski definition) is 1. The van der Waals surface area contributed by atoms with Gasteiger partial charge in [0, 0.05) is 6.42 Å². The van der Waals surface area contributed by atoms with Crippen LogP contribution >= 0.6 is 11.6 Å². The van der Waals surface area contributed by atoms with Crippen molar-refractivity contribution in [2.24, 2.45) is 0 Å². The maximum Gasteiger partial charge on any atom is 0.179 e. The fourth-order valence-electron chi connectivity index (χ4n) is 2.49. The molecule has 4 heteroatoms. The maximum atomic E-state index is 10.5. The Morgan fingerprint density at radius 3 is 2.76 bits per heavy atom. The summed E-state index contributed by atoms with van der Waals surface area (Å²) in [6.45, 7) is 3.04. The number of fused-ring (bicyclic) bond motifs is 1. The van der Waals surface area contributed by atoms with Crippen molar-refractivity contribution in [1.29, 1.82) is 0 Å². The standard InChI is InChI=1S/C17H17ClO3/c1-11-4-2-3-5-12(11)9-15(19)13-8-14(18)17-16(10-13)20-6-7-21-17/h2-5,8,10,15,19H,6-7,9H2,1H3. The molecule has 1 aliphatic rings. The van der Waals surface area contributed by atoms with E-state index in [9.17, 15) is 5.11 Å². The van der Waals surface area contributed by atoms with E-state index >= 15 is 0 Å². The quantitative estimate of drug-likeness (QED) is 0.940. The summed E-state index contributed by atoms with van der Waals surface area (Å²) in [6.07, 6.45) is -0.0812. The van der Waals surface area contributed by atoms with Crippen LogP contribution in [0.25, 0.3) is 0 Å². The minimum Gasteiger partial charge on any atom is -0.486 e. The van der Waals surface area contributed by atoms with Crippen molar-refractivity contribution >= 4 is 11.6 Å². The second-order valence-electron chi connectivity index (χ2n) is 5.17. The van der Waals surface area contributed by atoms with Gasteiger partial charge < -0.3 is 14.6 Å². The lowest BCUT2D eigenvalue weighted by atomic mass is 9.98. The molecule has 0 aliphatic carbocycles. The van der Waals surface area contributed by atoms with Gasteiger partial charge in [-0.05, 0) is 35.7 Å². The number of halogens is 1. The molecule has 1 aliphatic heterocycles. The molecule has 0 aromatic heterocycles. The largest absolute Gasteiger partial charge is 0.486 e. The number of hydrogen-bond acceptors (Lipinski definition) is 3. The Morgan fingerprint density at radius 2 is 1.95 bits per heavy atom. The summed E-state index contributed by atoms with van der Waals surface area (Å²) in [5, 5.41) is 10.9. The second-order valence-corrected chi connectivity index (χ2v) is 5.58. The van der Waals surface area contributed by atoms with E-state index in [1.54, 1.807) is 6.07 Å². The lowest BCUT2D eigenvalue weighted by Crippen LogP contribution is -2.16. The van der Waals surface area contributed by atoms with Crippen LogP contribution in [-0.4, -0.2) is 18.3 Å². The molecule has 3 rings (SSSR count). The number of aryl methyl sites for hydroxylation is 1. The minimum atomic E-state index is -0.626. The van der Waals surface area contributed by atoms with Gasteiger partial charge >= 0.3 is 0 Å². The minimum absolute atomic E-state index is 0.478. The van der Waals surface area contributed by atoms with Crippen molar-refractivity contribution in [3.8, 4) is 11.5 Å². The first-order valence-electron chi connectivity index (χ1n) is 6.97. The van der Waals surface area contributed by atoms with Crippen LogP contribution in [0.15, 0.2) is 36.4 Å². The molecule has 2 aromatic rings. The lowest BCUT2D eigenvalue weighted by Gasteiger charge is -2.21. The molecule has 1 N–H and O–H groups in total. The van der Waals surface area contributed by atoms with Crippen molar-refractivity contribution in [3.05, 3.63) is 58.1 Å². The second kappa shape index (κ2) is 5.96. The summed E-state index contributed by atoms with van der Waals surface area (Å²) < 4.78 is 11.0. The van der Waals surface area contributed by atoms with Crippen LogP contribution in [0, 0.1) is 6.92 Å². The number of ether oxygens (including phenoxy) is 2. The molecule has 110 valence electrons. The van der Waals surface area contributed by atoms with Crippen LogP contribution in [-0.2, 0) is 6.42 Å². The molecule has 1 atom stereocenters. The third-order valence-electron chi connectivity index (χ3n) is 3.68. The Morgan fingerprint density at radius 1 is 1.19 bits per heavy atom. The SMILES string of the molecule is Cc1ccccc1CC(O)c1cc(Cl)c2c(c1)OCCO2. The van der Waals surface area contributed by atoms with Gasteiger partial charge in [0.15, 0.2) is 11.5 Å². The zero-order valence-corrected chi connectivity index (χ0v) is 12.6. The van der Waals surface area contributed by atoms with Gasteiger partial charge in [0.05, 0.1) is 11.1 Å². The van der Waals surface area contributed by atoms with Crippen molar-refractivity contribution in [3.63, 3.8) is 0 Å². The average Bonchev–Trinajstić information content (AvgIpc) is 2.49. The van der Waals surface area contributed by atoms with E-state index in [4.69, 9.17) is 21.1 Å². The van der Waals surface area contributed by atoms with E-state index in [2.05, 4.69) is 0 Å². The normalized spacial score (nSPS) is 14.8. The molecule has 1 unspecified atom stereocenters. The Balaban J connectivity index is 1.86. The predicted octanol–water partition coefficient (Wildman–Crippen LogP) is 3.70. The highest BCUT2D eigenvalue weighted by atomic mass is 35.5. The first-order valence-corrected chi connectivity index (χ1v) is 7.34. The molecule has 0 saturated carbocycles. The van der Waals surface area contributed by atoms with E-state index in [0.29, 0.717) is 36.2 Å². The lowest BCUT2D eigenvalue weighted by molar-refractivity contribution is 0.164. The molecule has 0 amide bonds. The summed E-state index contributed by atoms with van der Waals surface area (Å²) in [6, 6.07) is 11.6. The van der Waals surface area contributed by atoms with Crippen molar-refractivity contribution in [2.75, 3.05) is 13.2 Å². The van der Waals surface area contributed by atoms with E-state index < -0.39 is 6.10 Å². The van der Waals surface area contributed by atoms with Gasteiger partial charge in [-0.1, -0.05) is 35.9 Å². The zero-order chi connectivity index (χ0) is 14.8. The number of rotatable bonds is 3. The van der Waals surface area contributed by atoms with E-state index in [1.807, 2.05) is 37.3 Å². The summed E-state index contributed by atoms with van der Waals surface area (Å²) in [7, 11) is 0. The average molecular weight is 305 g/mol. The van der Waals surface area contributed by atoms with Gasteiger partial charge in [0.1, 0.15) is 13.2 Å². The van der Waals surface area contributed by atoms with Crippen molar-refractivity contribution in [1.82, 2.24) is 0 Å². The molecular formula is C17H17ClO3. The first-order chi connectivity index (χ1) is 10.1. The van der Waals surface area contributed by atoms with Gasteiger partial charge in [0.25, 0.3) is 0 Å². The number of benzene rings is 2. The van der Waals surface area contributed by atoms with Crippen LogP contribution < -0.4 is 9.47 Å². The molecule has 2 aromatic carbocycles. The first kappa shape index (κ1) is 14.2. The maximum absolute atomic E-state index is 10.5. The molecule has 0 fully saturated rings. The molecule has 0 saturated heterocycles. The monoisotopic (exact) mass is 304 g/mol. The Kier molecular flexibility index (Phi) is 4.04. The summed E-state index contributed by atoms with van der Waals surface area (Å²) >= 11 is 6.21. The van der Waals surface area contributed by atoms with E-state index in [0.717, 1.165) is 11.1 Å². The highest BCUT2D eigenvalue weighted by Crippen LogP contribution is 2.40.